The lowest BCUT2D eigenvalue weighted by molar-refractivity contribution is -0.137. The Labute approximate surface area is 116 Å². The Morgan fingerprint density at radius 2 is 1.95 bits per heavy atom. The van der Waals surface area contributed by atoms with Crippen molar-refractivity contribution in [2.75, 3.05) is 0 Å². The van der Waals surface area contributed by atoms with Crippen LogP contribution in [0.4, 0.5) is 17.6 Å². The van der Waals surface area contributed by atoms with Gasteiger partial charge in [0.2, 0.25) is 0 Å². The fourth-order valence-corrected chi connectivity index (χ4v) is 2.68. The molecule has 0 amide bonds. The number of nitrogens with zero attached hydrogens (tertiary/aromatic N) is 1. The van der Waals surface area contributed by atoms with E-state index in [9.17, 15) is 22.4 Å². The molecule has 0 atom stereocenters. The number of hydrogen-bond donors (Lipinski definition) is 0. The van der Waals surface area contributed by atoms with Crippen molar-refractivity contribution in [3.8, 4) is 10.6 Å². The van der Waals surface area contributed by atoms with Gasteiger partial charge in [0, 0.05) is 12.5 Å². The molecule has 0 spiro atoms. The van der Waals surface area contributed by atoms with Gasteiger partial charge in [-0.25, -0.2) is 9.37 Å². The average molecular weight is 303 g/mol. The molecule has 0 aliphatic heterocycles. The molecule has 7 heteroatoms. The number of thiazole rings is 1. The minimum absolute atomic E-state index is 0.0660. The zero-order valence-corrected chi connectivity index (χ0v) is 11.3. The van der Waals surface area contributed by atoms with E-state index in [0.717, 1.165) is 17.4 Å². The number of hydrogen-bond acceptors (Lipinski definition) is 3. The Bertz CT molecular complexity index is 675. The van der Waals surface area contributed by atoms with Crippen LogP contribution in [0.25, 0.3) is 10.6 Å². The summed E-state index contributed by atoms with van der Waals surface area (Å²) in [6.45, 7) is 2.88. The Morgan fingerprint density at radius 3 is 2.45 bits per heavy atom. The maximum atomic E-state index is 13.7. The van der Waals surface area contributed by atoms with Crippen molar-refractivity contribution in [1.29, 1.82) is 0 Å². The van der Waals surface area contributed by atoms with Crippen LogP contribution >= 0.6 is 11.3 Å². The summed E-state index contributed by atoms with van der Waals surface area (Å²) >= 11 is 0.886. The van der Waals surface area contributed by atoms with E-state index in [2.05, 4.69) is 4.98 Å². The summed E-state index contributed by atoms with van der Waals surface area (Å²) in [5.41, 5.74) is -0.819. The molecule has 0 unspecified atom stereocenters. The van der Waals surface area contributed by atoms with Crippen LogP contribution < -0.4 is 0 Å². The molecule has 0 aliphatic carbocycles. The van der Waals surface area contributed by atoms with Crippen molar-refractivity contribution in [2.24, 2.45) is 0 Å². The summed E-state index contributed by atoms with van der Waals surface area (Å²) in [7, 11) is 0. The van der Waals surface area contributed by atoms with Gasteiger partial charge in [-0.05, 0) is 25.1 Å². The maximum absolute atomic E-state index is 13.7. The highest BCUT2D eigenvalue weighted by Gasteiger charge is 2.31. The number of Topliss-reactive ketones (excluding diaryl/α,β-unsaturated/α-hetero) is 1. The van der Waals surface area contributed by atoms with E-state index < -0.39 is 17.6 Å². The molecule has 2 nitrogen and oxygen atoms in total. The Kier molecular flexibility index (Phi) is 3.64. The molecule has 1 aromatic carbocycles. The molecule has 1 aromatic heterocycles. The number of aryl methyl sites for hydroxylation is 1. The number of carbonyl (C=O) groups is 1. The molecule has 1 heterocycles. The molecule has 2 aromatic rings. The van der Waals surface area contributed by atoms with Gasteiger partial charge in [-0.2, -0.15) is 13.2 Å². The molecule has 0 bridgehead atoms. The maximum Gasteiger partial charge on any atom is 0.416 e. The third kappa shape index (κ3) is 2.72. The van der Waals surface area contributed by atoms with Crippen molar-refractivity contribution in [2.45, 2.75) is 20.0 Å². The second-order valence-electron chi connectivity index (χ2n) is 4.18. The molecule has 0 saturated heterocycles. The van der Waals surface area contributed by atoms with Crippen molar-refractivity contribution < 1.29 is 22.4 Å². The van der Waals surface area contributed by atoms with Gasteiger partial charge in [0.15, 0.2) is 5.78 Å². The van der Waals surface area contributed by atoms with Crippen molar-refractivity contribution >= 4 is 17.1 Å². The first-order chi connectivity index (χ1) is 9.20. The van der Waals surface area contributed by atoms with Crippen LogP contribution in [0.15, 0.2) is 18.2 Å². The fraction of sp³-hybridized carbons (Fsp3) is 0.231. The lowest BCUT2D eigenvalue weighted by Crippen LogP contribution is -2.05. The molecule has 0 radical (unpaired) electrons. The van der Waals surface area contributed by atoms with Crippen LogP contribution in [0, 0.1) is 12.7 Å². The lowest BCUT2D eigenvalue weighted by Gasteiger charge is -2.08. The van der Waals surface area contributed by atoms with Gasteiger partial charge >= 0.3 is 6.18 Å². The highest BCUT2D eigenvalue weighted by molar-refractivity contribution is 7.17. The van der Waals surface area contributed by atoms with Gasteiger partial charge in [0.05, 0.1) is 16.1 Å². The summed E-state index contributed by atoms with van der Waals surface area (Å²) in [6.07, 6.45) is -4.56. The molecule has 106 valence electrons. The highest BCUT2D eigenvalue weighted by atomic mass is 32.1. The van der Waals surface area contributed by atoms with Crippen molar-refractivity contribution in [3.63, 3.8) is 0 Å². The second-order valence-corrected chi connectivity index (χ2v) is 5.18. The molecule has 0 saturated carbocycles. The van der Waals surface area contributed by atoms with Crippen LogP contribution in [0.2, 0.25) is 0 Å². The van der Waals surface area contributed by atoms with Gasteiger partial charge in [-0.15, -0.1) is 11.3 Å². The lowest BCUT2D eigenvalue weighted by atomic mass is 10.1. The van der Waals surface area contributed by atoms with Crippen LogP contribution in [0.5, 0.6) is 0 Å². The van der Waals surface area contributed by atoms with E-state index in [0.29, 0.717) is 22.7 Å². The first kappa shape index (κ1) is 14.6. The number of ketones is 1. The smallest absolute Gasteiger partial charge is 0.294 e. The van der Waals surface area contributed by atoms with Crippen LogP contribution in [-0.2, 0) is 6.18 Å². The number of aromatic nitrogens is 1. The summed E-state index contributed by atoms with van der Waals surface area (Å²) in [6, 6.07) is 2.13. The second kappa shape index (κ2) is 4.97. The zero-order valence-electron chi connectivity index (χ0n) is 10.5. The third-order valence-electron chi connectivity index (χ3n) is 2.64. The largest absolute Gasteiger partial charge is 0.416 e. The molecular formula is C13H9F4NOS. The normalized spacial score (nSPS) is 11.7. The number of carbonyl (C=O) groups excluding carboxylic acids is 1. The van der Waals surface area contributed by atoms with E-state index in [-0.39, 0.29) is 16.4 Å². The van der Waals surface area contributed by atoms with Crippen LogP contribution in [0.1, 0.15) is 27.9 Å². The van der Waals surface area contributed by atoms with Crippen LogP contribution in [-0.4, -0.2) is 10.8 Å². The SMILES string of the molecule is CC(=O)c1sc(-c2cc(C(F)(F)F)ccc2F)nc1C. The van der Waals surface area contributed by atoms with E-state index >= 15 is 0 Å². The van der Waals surface area contributed by atoms with E-state index in [1.165, 1.54) is 6.92 Å². The molecule has 0 aliphatic rings. The van der Waals surface area contributed by atoms with Gasteiger partial charge in [0.25, 0.3) is 0 Å². The fourth-order valence-electron chi connectivity index (χ4n) is 1.70. The van der Waals surface area contributed by atoms with E-state index in [1.54, 1.807) is 6.92 Å². The summed E-state index contributed by atoms with van der Waals surface area (Å²) in [5, 5.41) is 0.0660. The van der Waals surface area contributed by atoms with Crippen molar-refractivity contribution in [1.82, 2.24) is 4.98 Å². The predicted molar refractivity (Wildman–Crippen MR) is 67.3 cm³/mol. The highest BCUT2D eigenvalue weighted by Crippen LogP contribution is 2.35. The number of benzene rings is 1. The van der Waals surface area contributed by atoms with E-state index in [4.69, 9.17) is 0 Å². The van der Waals surface area contributed by atoms with Crippen molar-refractivity contribution in [3.05, 3.63) is 40.2 Å². The standard InChI is InChI=1S/C13H9F4NOS/c1-6-11(7(2)19)20-12(18-6)9-5-8(13(15,16)17)3-4-10(9)14/h3-5H,1-2H3. The van der Waals surface area contributed by atoms with Gasteiger partial charge < -0.3 is 0 Å². The Morgan fingerprint density at radius 1 is 1.30 bits per heavy atom. The zero-order chi connectivity index (χ0) is 15.1. The molecule has 0 N–H and O–H groups in total. The quantitative estimate of drug-likeness (QED) is 0.605. The Hall–Kier alpha value is -1.76. The molecule has 0 fully saturated rings. The molecule has 2 rings (SSSR count). The third-order valence-corrected chi connectivity index (χ3v) is 3.93. The number of rotatable bonds is 2. The monoisotopic (exact) mass is 303 g/mol. The van der Waals surface area contributed by atoms with Gasteiger partial charge in [-0.1, -0.05) is 0 Å². The predicted octanol–water partition coefficient (Wildman–Crippen LogP) is 4.48. The van der Waals surface area contributed by atoms with Gasteiger partial charge in [0.1, 0.15) is 10.8 Å². The van der Waals surface area contributed by atoms with Gasteiger partial charge in [-0.3, -0.25) is 4.79 Å². The molecule has 20 heavy (non-hydrogen) atoms. The van der Waals surface area contributed by atoms with Crippen LogP contribution in [0.3, 0.4) is 0 Å². The first-order valence-electron chi connectivity index (χ1n) is 5.55. The Balaban J connectivity index is 2.57. The minimum Gasteiger partial charge on any atom is -0.294 e. The van der Waals surface area contributed by atoms with E-state index in [1.807, 2.05) is 0 Å². The first-order valence-corrected chi connectivity index (χ1v) is 6.37. The topological polar surface area (TPSA) is 30.0 Å². The summed E-state index contributed by atoms with van der Waals surface area (Å²) in [5.74, 6) is -1.06. The number of halogens is 4. The molecular weight excluding hydrogens is 294 g/mol. The summed E-state index contributed by atoms with van der Waals surface area (Å²) in [4.78, 5) is 15.6. The number of alkyl halides is 3. The minimum atomic E-state index is -4.56. The summed E-state index contributed by atoms with van der Waals surface area (Å²) < 4.78 is 51.6. The average Bonchev–Trinajstić information content (AvgIpc) is 2.70.